The van der Waals surface area contributed by atoms with Gasteiger partial charge in [-0.05, 0) is 71.5 Å². The molecule has 2 amide bonds. The van der Waals surface area contributed by atoms with Crippen molar-refractivity contribution in [2.45, 2.75) is 43.7 Å². The molecular weight excluding hydrogens is 638 g/mol. The quantitative estimate of drug-likeness (QED) is 0.157. The SMILES string of the molecule is CCNS(=O)(=O)c1ccc(CCC(=O)N(Cc2ccc(Cl)cc2)[C@@H](C(=O)NCCc2ccc(OC)c(OC)c2)c2ccccc2)cc1. The van der Waals surface area contributed by atoms with Gasteiger partial charge in [0.1, 0.15) is 6.04 Å². The topological polar surface area (TPSA) is 114 Å². The maximum absolute atomic E-state index is 14.0. The Balaban J connectivity index is 1.56. The lowest BCUT2D eigenvalue weighted by atomic mass is 10.0. The van der Waals surface area contributed by atoms with E-state index in [9.17, 15) is 18.0 Å². The molecule has 1 atom stereocenters. The minimum atomic E-state index is -3.58. The van der Waals surface area contributed by atoms with Crippen LogP contribution in [0.15, 0.2) is 102 Å². The van der Waals surface area contributed by atoms with Crippen molar-refractivity contribution in [2.24, 2.45) is 0 Å². The third kappa shape index (κ3) is 9.81. The molecule has 47 heavy (non-hydrogen) atoms. The van der Waals surface area contributed by atoms with Gasteiger partial charge in [0.15, 0.2) is 11.5 Å². The van der Waals surface area contributed by atoms with Gasteiger partial charge in [0, 0.05) is 31.1 Å². The number of amides is 2. The summed E-state index contributed by atoms with van der Waals surface area (Å²) in [5.41, 5.74) is 3.25. The first-order chi connectivity index (χ1) is 22.6. The van der Waals surface area contributed by atoms with Crippen LogP contribution in [0.25, 0.3) is 0 Å². The van der Waals surface area contributed by atoms with Gasteiger partial charge >= 0.3 is 0 Å². The summed E-state index contributed by atoms with van der Waals surface area (Å²) in [7, 11) is -0.434. The van der Waals surface area contributed by atoms with E-state index in [0.29, 0.717) is 41.5 Å². The maximum atomic E-state index is 14.0. The average molecular weight is 678 g/mol. The Morgan fingerprint density at radius 2 is 1.45 bits per heavy atom. The first kappa shape index (κ1) is 35.5. The lowest BCUT2D eigenvalue weighted by molar-refractivity contribution is -0.141. The molecule has 0 aliphatic rings. The highest BCUT2D eigenvalue weighted by molar-refractivity contribution is 7.89. The van der Waals surface area contributed by atoms with Gasteiger partial charge in [0.25, 0.3) is 0 Å². The number of methoxy groups -OCH3 is 2. The summed E-state index contributed by atoms with van der Waals surface area (Å²) in [6, 6.07) is 27.6. The summed E-state index contributed by atoms with van der Waals surface area (Å²) in [6.07, 6.45) is 1.01. The second kappa shape index (κ2) is 17.0. The molecule has 9 nitrogen and oxygen atoms in total. The van der Waals surface area contributed by atoms with Crippen LogP contribution in [0.3, 0.4) is 0 Å². The number of hydrogen-bond donors (Lipinski definition) is 2. The zero-order valence-electron chi connectivity index (χ0n) is 26.7. The van der Waals surface area contributed by atoms with Gasteiger partial charge in [-0.2, -0.15) is 0 Å². The normalized spacial score (nSPS) is 11.8. The van der Waals surface area contributed by atoms with Crippen LogP contribution in [0.1, 0.15) is 41.6 Å². The summed E-state index contributed by atoms with van der Waals surface area (Å²) in [5.74, 6) is 0.688. The number of hydrogen-bond acceptors (Lipinski definition) is 6. The van der Waals surface area contributed by atoms with E-state index < -0.39 is 16.1 Å². The number of sulfonamides is 1. The fourth-order valence-electron chi connectivity index (χ4n) is 5.18. The highest BCUT2D eigenvalue weighted by Crippen LogP contribution is 2.28. The van der Waals surface area contributed by atoms with E-state index in [4.69, 9.17) is 21.1 Å². The molecule has 0 unspecified atom stereocenters. The maximum Gasteiger partial charge on any atom is 0.247 e. The van der Waals surface area contributed by atoms with Crippen LogP contribution < -0.4 is 19.5 Å². The Morgan fingerprint density at radius 3 is 2.09 bits per heavy atom. The van der Waals surface area contributed by atoms with Gasteiger partial charge in [-0.15, -0.1) is 0 Å². The predicted molar refractivity (Wildman–Crippen MR) is 183 cm³/mol. The first-order valence-electron chi connectivity index (χ1n) is 15.3. The lowest BCUT2D eigenvalue weighted by Crippen LogP contribution is -2.44. The van der Waals surface area contributed by atoms with Crippen LogP contribution in [-0.2, 0) is 39.0 Å². The Morgan fingerprint density at radius 1 is 0.809 bits per heavy atom. The second-order valence-electron chi connectivity index (χ2n) is 10.8. The zero-order chi connectivity index (χ0) is 33.8. The Labute approximate surface area is 281 Å². The van der Waals surface area contributed by atoms with Crippen molar-refractivity contribution in [3.05, 3.63) is 124 Å². The molecule has 0 radical (unpaired) electrons. The van der Waals surface area contributed by atoms with Crippen LogP contribution in [0.2, 0.25) is 5.02 Å². The third-order valence-corrected chi connectivity index (χ3v) is 9.43. The zero-order valence-corrected chi connectivity index (χ0v) is 28.3. The number of aryl methyl sites for hydroxylation is 1. The molecule has 0 heterocycles. The average Bonchev–Trinajstić information content (AvgIpc) is 3.08. The molecular formula is C36H40ClN3O6S. The summed E-state index contributed by atoms with van der Waals surface area (Å²) in [4.78, 5) is 29.8. The predicted octanol–water partition coefficient (Wildman–Crippen LogP) is 5.72. The summed E-state index contributed by atoms with van der Waals surface area (Å²) < 4.78 is 37.9. The van der Waals surface area contributed by atoms with Gasteiger partial charge in [-0.25, -0.2) is 13.1 Å². The summed E-state index contributed by atoms with van der Waals surface area (Å²) in [6.45, 7) is 2.52. The van der Waals surface area contributed by atoms with Crippen LogP contribution >= 0.6 is 11.6 Å². The fraction of sp³-hybridized carbons (Fsp3) is 0.278. The van der Waals surface area contributed by atoms with Crippen molar-refractivity contribution in [1.82, 2.24) is 14.9 Å². The molecule has 2 N–H and O–H groups in total. The highest BCUT2D eigenvalue weighted by Gasteiger charge is 2.31. The molecule has 0 bridgehead atoms. The van der Waals surface area contributed by atoms with Crippen LogP contribution in [0.4, 0.5) is 0 Å². The van der Waals surface area contributed by atoms with Gasteiger partial charge in [-0.1, -0.05) is 79.2 Å². The highest BCUT2D eigenvalue weighted by atomic mass is 35.5. The number of nitrogens with zero attached hydrogens (tertiary/aromatic N) is 1. The molecule has 11 heteroatoms. The van der Waals surface area contributed by atoms with E-state index in [-0.39, 0.29) is 36.2 Å². The molecule has 0 aromatic heterocycles. The van der Waals surface area contributed by atoms with Crippen molar-refractivity contribution in [2.75, 3.05) is 27.3 Å². The monoisotopic (exact) mass is 677 g/mol. The van der Waals surface area contributed by atoms with Gasteiger partial charge in [-0.3, -0.25) is 9.59 Å². The second-order valence-corrected chi connectivity index (χ2v) is 13.0. The van der Waals surface area contributed by atoms with Crippen molar-refractivity contribution in [3.63, 3.8) is 0 Å². The third-order valence-electron chi connectivity index (χ3n) is 7.62. The van der Waals surface area contributed by atoms with Gasteiger partial charge in [0.05, 0.1) is 19.1 Å². The number of carbonyl (C=O) groups is 2. The number of benzene rings is 4. The minimum absolute atomic E-state index is 0.106. The molecule has 0 saturated carbocycles. The first-order valence-corrected chi connectivity index (χ1v) is 17.2. The largest absolute Gasteiger partial charge is 0.493 e. The van der Waals surface area contributed by atoms with E-state index in [0.717, 1.165) is 16.7 Å². The minimum Gasteiger partial charge on any atom is -0.493 e. The molecule has 0 aliphatic carbocycles. The van der Waals surface area contributed by atoms with E-state index in [1.54, 1.807) is 50.3 Å². The van der Waals surface area contributed by atoms with Crippen molar-refractivity contribution >= 4 is 33.4 Å². The standard InChI is InChI=1S/C36H40ClN3O6S/c1-4-39-47(43,44)31-18-12-26(13-19-31)15-21-34(41)40(25-28-10-16-30(37)17-11-28)35(29-8-6-5-7-9-29)36(42)38-23-22-27-14-20-32(45-2)33(24-27)46-3/h5-14,16-20,24,35,39H,4,15,21-23,25H2,1-3H3,(H,38,42)/t35-/m1/s1. The molecule has 248 valence electrons. The molecule has 4 rings (SSSR count). The molecule has 0 fully saturated rings. The fourth-order valence-corrected chi connectivity index (χ4v) is 6.35. The Kier molecular flexibility index (Phi) is 12.8. The van der Waals surface area contributed by atoms with Gasteiger partial charge < -0.3 is 19.7 Å². The molecule has 4 aromatic rings. The number of ether oxygens (including phenoxy) is 2. The van der Waals surface area contributed by atoms with E-state index in [1.165, 1.54) is 12.1 Å². The number of rotatable bonds is 16. The number of halogens is 1. The lowest BCUT2D eigenvalue weighted by Gasteiger charge is -2.32. The number of carbonyl (C=O) groups excluding carboxylic acids is 2. The van der Waals surface area contributed by atoms with Crippen LogP contribution in [0.5, 0.6) is 11.5 Å². The van der Waals surface area contributed by atoms with E-state index in [1.807, 2.05) is 60.7 Å². The van der Waals surface area contributed by atoms with Gasteiger partial charge in [0.2, 0.25) is 21.8 Å². The summed E-state index contributed by atoms with van der Waals surface area (Å²) in [5, 5.41) is 3.61. The van der Waals surface area contributed by atoms with E-state index >= 15 is 0 Å². The molecule has 0 saturated heterocycles. The van der Waals surface area contributed by atoms with Crippen molar-refractivity contribution < 1.29 is 27.5 Å². The molecule has 4 aromatic carbocycles. The van der Waals surface area contributed by atoms with Crippen LogP contribution in [-0.4, -0.2) is 52.4 Å². The Hall–Kier alpha value is -4.38. The number of nitrogens with one attached hydrogen (secondary N) is 2. The van der Waals surface area contributed by atoms with E-state index in [2.05, 4.69) is 10.0 Å². The van der Waals surface area contributed by atoms with Crippen LogP contribution in [0, 0.1) is 0 Å². The van der Waals surface area contributed by atoms with Crippen molar-refractivity contribution in [3.8, 4) is 11.5 Å². The molecule has 0 spiro atoms. The Bertz CT molecular complexity index is 1730. The smallest absolute Gasteiger partial charge is 0.247 e. The molecule has 0 aliphatic heterocycles. The summed E-state index contributed by atoms with van der Waals surface area (Å²) >= 11 is 6.14. The van der Waals surface area contributed by atoms with Crippen molar-refractivity contribution in [1.29, 1.82) is 0 Å².